The molecule has 0 aliphatic heterocycles. The minimum Gasteiger partial charge on any atom is -0.490 e. The van der Waals surface area contributed by atoms with Crippen LogP contribution in [0, 0.1) is 6.92 Å². The van der Waals surface area contributed by atoms with Crippen LogP contribution in [0.25, 0.3) is 11.3 Å². The molecule has 0 amide bonds. The van der Waals surface area contributed by atoms with E-state index in [2.05, 4.69) is 18.0 Å². The lowest BCUT2D eigenvalue weighted by molar-refractivity contribution is 0.243. The summed E-state index contributed by atoms with van der Waals surface area (Å²) in [5.41, 5.74) is 8.76. The maximum Gasteiger partial charge on any atom is 0.180 e. The van der Waals surface area contributed by atoms with Crippen molar-refractivity contribution in [3.05, 3.63) is 29.1 Å². The van der Waals surface area contributed by atoms with Gasteiger partial charge < -0.3 is 10.5 Å². The predicted octanol–water partition coefficient (Wildman–Crippen LogP) is 3.49. The van der Waals surface area contributed by atoms with E-state index in [4.69, 9.17) is 10.5 Å². The standard InChI is InChI=1S/C13H16N2OS/c1-8(2)16-11-6-4-5-9(3)12(11)10-7-17-13(14)15-10/h4-8H,1-3H3,(H2,14,15). The smallest absolute Gasteiger partial charge is 0.180 e. The first-order valence-electron chi connectivity index (χ1n) is 5.55. The first-order chi connectivity index (χ1) is 8.08. The van der Waals surface area contributed by atoms with Gasteiger partial charge in [0.15, 0.2) is 5.13 Å². The highest BCUT2D eigenvalue weighted by Crippen LogP contribution is 2.34. The fraction of sp³-hybridized carbons (Fsp3) is 0.308. The average Bonchev–Trinajstić information content (AvgIpc) is 2.64. The third-order valence-electron chi connectivity index (χ3n) is 2.38. The van der Waals surface area contributed by atoms with Gasteiger partial charge in [0.25, 0.3) is 0 Å². The normalized spacial score (nSPS) is 10.8. The van der Waals surface area contributed by atoms with E-state index in [0.29, 0.717) is 5.13 Å². The molecule has 1 aromatic heterocycles. The molecule has 2 N–H and O–H groups in total. The first kappa shape index (κ1) is 11.9. The summed E-state index contributed by atoms with van der Waals surface area (Å²) in [7, 11) is 0. The molecule has 0 atom stereocenters. The van der Waals surface area contributed by atoms with E-state index in [0.717, 1.165) is 22.6 Å². The maximum absolute atomic E-state index is 5.81. The van der Waals surface area contributed by atoms with E-state index < -0.39 is 0 Å². The van der Waals surface area contributed by atoms with E-state index >= 15 is 0 Å². The molecule has 0 saturated heterocycles. The highest BCUT2D eigenvalue weighted by Gasteiger charge is 2.13. The van der Waals surface area contributed by atoms with Crippen LogP contribution in [-0.2, 0) is 0 Å². The number of hydrogen-bond acceptors (Lipinski definition) is 4. The Morgan fingerprint density at radius 1 is 1.35 bits per heavy atom. The minimum atomic E-state index is 0.145. The summed E-state index contributed by atoms with van der Waals surface area (Å²) in [6.45, 7) is 6.08. The van der Waals surface area contributed by atoms with Gasteiger partial charge in [-0.1, -0.05) is 12.1 Å². The van der Waals surface area contributed by atoms with Gasteiger partial charge in [0, 0.05) is 10.9 Å². The van der Waals surface area contributed by atoms with Crippen LogP contribution in [0.5, 0.6) is 5.75 Å². The number of anilines is 1. The van der Waals surface area contributed by atoms with Crippen LogP contribution < -0.4 is 10.5 Å². The molecule has 17 heavy (non-hydrogen) atoms. The third-order valence-corrected chi connectivity index (χ3v) is 3.05. The molecule has 3 nitrogen and oxygen atoms in total. The second kappa shape index (κ2) is 4.75. The molecule has 2 rings (SSSR count). The second-order valence-corrected chi connectivity index (χ2v) is 5.08. The fourth-order valence-electron chi connectivity index (χ4n) is 1.72. The van der Waals surface area contributed by atoms with E-state index in [1.54, 1.807) is 0 Å². The van der Waals surface area contributed by atoms with Gasteiger partial charge >= 0.3 is 0 Å². The van der Waals surface area contributed by atoms with Crippen molar-refractivity contribution in [3.63, 3.8) is 0 Å². The van der Waals surface area contributed by atoms with Crippen molar-refractivity contribution in [1.82, 2.24) is 4.98 Å². The molecule has 0 saturated carbocycles. The zero-order valence-electron chi connectivity index (χ0n) is 10.2. The monoisotopic (exact) mass is 248 g/mol. The summed E-state index contributed by atoms with van der Waals surface area (Å²) < 4.78 is 5.81. The Balaban J connectivity index is 2.50. The highest BCUT2D eigenvalue weighted by atomic mass is 32.1. The van der Waals surface area contributed by atoms with Crippen molar-refractivity contribution in [2.24, 2.45) is 0 Å². The van der Waals surface area contributed by atoms with Gasteiger partial charge in [-0.05, 0) is 32.4 Å². The molecular weight excluding hydrogens is 232 g/mol. The Labute approximate surface area is 105 Å². The highest BCUT2D eigenvalue weighted by molar-refractivity contribution is 7.13. The Hall–Kier alpha value is -1.55. The molecule has 0 radical (unpaired) electrons. The lowest BCUT2D eigenvalue weighted by Gasteiger charge is -2.14. The summed E-state index contributed by atoms with van der Waals surface area (Å²) in [5, 5.41) is 2.55. The average molecular weight is 248 g/mol. The van der Waals surface area contributed by atoms with Crippen LogP contribution in [0.4, 0.5) is 5.13 Å². The Morgan fingerprint density at radius 3 is 2.71 bits per heavy atom. The maximum atomic E-state index is 5.81. The quantitative estimate of drug-likeness (QED) is 0.904. The van der Waals surface area contributed by atoms with Crippen molar-refractivity contribution in [3.8, 4) is 17.0 Å². The van der Waals surface area contributed by atoms with Crippen molar-refractivity contribution in [2.75, 3.05) is 5.73 Å². The number of benzene rings is 1. The number of rotatable bonds is 3. The van der Waals surface area contributed by atoms with Crippen molar-refractivity contribution < 1.29 is 4.74 Å². The van der Waals surface area contributed by atoms with E-state index in [1.165, 1.54) is 11.3 Å². The van der Waals surface area contributed by atoms with Gasteiger partial charge in [0.2, 0.25) is 0 Å². The van der Waals surface area contributed by atoms with Crippen LogP contribution in [0.3, 0.4) is 0 Å². The van der Waals surface area contributed by atoms with Gasteiger partial charge in [-0.2, -0.15) is 0 Å². The molecule has 0 bridgehead atoms. The lowest BCUT2D eigenvalue weighted by Crippen LogP contribution is -2.07. The van der Waals surface area contributed by atoms with Crippen LogP contribution in [0.15, 0.2) is 23.6 Å². The van der Waals surface area contributed by atoms with Crippen LogP contribution >= 0.6 is 11.3 Å². The molecular formula is C13H16N2OS. The molecule has 0 unspecified atom stereocenters. The Kier molecular flexibility index (Phi) is 3.33. The number of aromatic nitrogens is 1. The fourth-order valence-corrected chi connectivity index (χ4v) is 2.28. The molecule has 2 aromatic rings. The SMILES string of the molecule is Cc1cccc(OC(C)C)c1-c1csc(N)n1. The number of nitrogens with zero attached hydrogens (tertiary/aromatic N) is 1. The zero-order chi connectivity index (χ0) is 12.4. The van der Waals surface area contributed by atoms with Gasteiger partial charge in [-0.3, -0.25) is 0 Å². The molecule has 0 spiro atoms. The Bertz CT molecular complexity index is 520. The summed E-state index contributed by atoms with van der Waals surface area (Å²) in [5.74, 6) is 0.866. The van der Waals surface area contributed by atoms with E-state index in [-0.39, 0.29) is 6.10 Å². The van der Waals surface area contributed by atoms with E-state index in [1.807, 2.05) is 31.4 Å². The minimum absolute atomic E-state index is 0.145. The predicted molar refractivity (Wildman–Crippen MR) is 72.5 cm³/mol. The summed E-state index contributed by atoms with van der Waals surface area (Å²) in [4.78, 5) is 4.33. The molecule has 1 aromatic carbocycles. The molecule has 4 heteroatoms. The van der Waals surface area contributed by atoms with Crippen molar-refractivity contribution >= 4 is 16.5 Å². The molecule has 0 fully saturated rings. The zero-order valence-corrected chi connectivity index (χ0v) is 11.0. The van der Waals surface area contributed by atoms with Crippen LogP contribution in [-0.4, -0.2) is 11.1 Å². The third kappa shape index (κ3) is 2.58. The van der Waals surface area contributed by atoms with E-state index in [9.17, 15) is 0 Å². The molecule has 1 heterocycles. The lowest BCUT2D eigenvalue weighted by atomic mass is 10.1. The molecule has 0 aliphatic rings. The second-order valence-electron chi connectivity index (χ2n) is 4.19. The van der Waals surface area contributed by atoms with Gasteiger partial charge in [-0.25, -0.2) is 4.98 Å². The topological polar surface area (TPSA) is 48.1 Å². The van der Waals surface area contributed by atoms with Gasteiger partial charge in [0.1, 0.15) is 5.75 Å². The van der Waals surface area contributed by atoms with Gasteiger partial charge in [0.05, 0.1) is 11.8 Å². The van der Waals surface area contributed by atoms with Crippen LogP contribution in [0.1, 0.15) is 19.4 Å². The number of thiazole rings is 1. The number of ether oxygens (including phenoxy) is 1. The van der Waals surface area contributed by atoms with Gasteiger partial charge in [-0.15, -0.1) is 11.3 Å². The molecule has 0 aliphatic carbocycles. The number of aryl methyl sites for hydroxylation is 1. The number of nitrogen functional groups attached to an aromatic ring is 1. The largest absolute Gasteiger partial charge is 0.490 e. The number of hydrogen-bond donors (Lipinski definition) is 1. The summed E-state index contributed by atoms with van der Waals surface area (Å²) >= 11 is 1.45. The van der Waals surface area contributed by atoms with Crippen LogP contribution in [0.2, 0.25) is 0 Å². The van der Waals surface area contributed by atoms with Crippen molar-refractivity contribution in [1.29, 1.82) is 0 Å². The van der Waals surface area contributed by atoms with Crippen molar-refractivity contribution in [2.45, 2.75) is 26.9 Å². The number of nitrogens with two attached hydrogens (primary N) is 1. The molecule has 90 valence electrons. The summed E-state index contributed by atoms with van der Waals surface area (Å²) in [6, 6.07) is 6.02. The summed E-state index contributed by atoms with van der Waals surface area (Å²) in [6.07, 6.45) is 0.145. The first-order valence-corrected chi connectivity index (χ1v) is 6.43. The Morgan fingerprint density at radius 2 is 2.12 bits per heavy atom.